The van der Waals surface area contributed by atoms with Crippen LogP contribution in [0.15, 0.2) is 12.7 Å². The van der Waals surface area contributed by atoms with Crippen molar-refractivity contribution in [2.24, 2.45) is 7.05 Å². The van der Waals surface area contributed by atoms with Gasteiger partial charge in [-0.2, -0.15) is 19.6 Å². The molecule has 1 unspecified atom stereocenters. The summed E-state index contributed by atoms with van der Waals surface area (Å²) in [5.41, 5.74) is 0.804. The first kappa shape index (κ1) is 12.8. The van der Waals surface area contributed by atoms with Gasteiger partial charge in [0, 0.05) is 12.6 Å². The molecule has 104 valence electrons. The molecule has 9 heteroatoms. The minimum atomic E-state index is -0.0629. The first-order valence-electron chi connectivity index (χ1n) is 6.04. The van der Waals surface area contributed by atoms with Crippen LogP contribution in [-0.4, -0.2) is 34.3 Å². The average molecular weight is 293 g/mol. The van der Waals surface area contributed by atoms with E-state index in [0.717, 1.165) is 17.2 Å². The van der Waals surface area contributed by atoms with Gasteiger partial charge in [0.2, 0.25) is 0 Å². The molecule has 0 spiro atoms. The third-order valence-corrected chi connectivity index (χ3v) is 3.46. The van der Waals surface area contributed by atoms with Gasteiger partial charge in [0.15, 0.2) is 5.82 Å². The van der Waals surface area contributed by atoms with Crippen LogP contribution in [-0.2, 0) is 7.05 Å². The van der Waals surface area contributed by atoms with Crippen LogP contribution in [0, 0.1) is 6.92 Å². The van der Waals surface area contributed by atoms with E-state index in [2.05, 4.69) is 30.6 Å². The highest BCUT2D eigenvalue weighted by molar-refractivity contribution is 6.30. The molecule has 0 fully saturated rings. The summed E-state index contributed by atoms with van der Waals surface area (Å²) in [6, 6.07) is -0.0629. The maximum Gasteiger partial charge on any atom is 0.255 e. The number of halogens is 1. The second-order valence-electron chi connectivity index (χ2n) is 4.51. The Balaban J connectivity index is 2.04. The summed E-state index contributed by atoms with van der Waals surface area (Å²) in [5, 5.41) is 15.9. The Morgan fingerprint density at radius 2 is 2.20 bits per heavy atom. The molecule has 1 atom stereocenters. The van der Waals surface area contributed by atoms with Gasteiger partial charge in [0.1, 0.15) is 23.6 Å². The molecule has 1 N–H and O–H groups in total. The number of anilines is 1. The number of nitrogens with one attached hydrogen (secondary N) is 1. The Labute approximate surface area is 119 Å². The number of fused-ring (bicyclic) bond motifs is 1. The molecule has 3 aromatic heterocycles. The molecule has 0 saturated heterocycles. The van der Waals surface area contributed by atoms with Crippen molar-refractivity contribution >= 4 is 23.2 Å². The number of rotatable bonds is 3. The maximum absolute atomic E-state index is 6.12. The van der Waals surface area contributed by atoms with Gasteiger partial charge in [-0.1, -0.05) is 11.6 Å². The van der Waals surface area contributed by atoms with Crippen LogP contribution >= 0.6 is 11.6 Å². The van der Waals surface area contributed by atoms with E-state index in [1.165, 1.54) is 6.33 Å². The summed E-state index contributed by atoms with van der Waals surface area (Å²) in [6.07, 6.45) is 3.10. The Bertz CT molecular complexity index is 761. The summed E-state index contributed by atoms with van der Waals surface area (Å²) in [7, 11) is 1.89. The number of hydrogen-bond acceptors (Lipinski definition) is 6. The van der Waals surface area contributed by atoms with Crippen molar-refractivity contribution in [3.05, 3.63) is 29.2 Å². The summed E-state index contributed by atoms with van der Waals surface area (Å²) < 4.78 is 3.47. The third-order valence-electron chi connectivity index (χ3n) is 3.09. The highest BCUT2D eigenvalue weighted by atomic mass is 35.5. The van der Waals surface area contributed by atoms with Crippen LogP contribution in [0.5, 0.6) is 0 Å². The van der Waals surface area contributed by atoms with E-state index in [1.807, 2.05) is 25.5 Å². The van der Waals surface area contributed by atoms with E-state index in [9.17, 15) is 0 Å². The smallest absolute Gasteiger partial charge is 0.255 e. The van der Waals surface area contributed by atoms with Crippen molar-refractivity contribution in [1.82, 2.24) is 34.3 Å². The average Bonchev–Trinajstić information content (AvgIpc) is 3.03. The summed E-state index contributed by atoms with van der Waals surface area (Å²) >= 11 is 6.12. The van der Waals surface area contributed by atoms with Crippen molar-refractivity contribution in [2.75, 3.05) is 5.32 Å². The van der Waals surface area contributed by atoms with Crippen molar-refractivity contribution < 1.29 is 0 Å². The fraction of sp³-hybridized carbons (Fsp3) is 0.364. The SMILES string of the molecule is Cc1c(Cl)nc2ncnn2c1NC(C)c1nncn1C. The number of hydrogen-bond donors (Lipinski definition) is 1. The van der Waals surface area contributed by atoms with Gasteiger partial charge in [0.05, 0.1) is 6.04 Å². The molecule has 0 radical (unpaired) electrons. The van der Waals surface area contributed by atoms with Gasteiger partial charge in [0.25, 0.3) is 5.78 Å². The zero-order valence-corrected chi connectivity index (χ0v) is 12.0. The number of nitrogens with zero attached hydrogens (tertiary/aromatic N) is 7. The molecule has 0 aliphatic rings. The normalized spacial score (nSPS) is 12.8. The van der Waals surface area contributed by atoms with Crippen molar-refractivity contribution in [3.8, 4) is 0 Å². The van der Waals surface area contributed by atoms with Crippen LogP contribution < -0.4 is 5.32 Å². The molecule has 3 heterocycles. The maximum atomic E-state index is 6.12. The Morgan fingerprint density at radius 1 is 1.40 bits per heavy atom. The molecule has 0 saturated carbocycles. The molecular weight excluding hydrogens is 280 g/mol. The van der Waals surface area contributed by atoms with Gasteiger partial charge in [-0.3, -0.25) is 0 Å². The van der Waals surface area contributed by atoms with Gasteiger partial charge in [-0.05, 0) is 13.8 Å². The minimum Gasteiger partial charge on any atom is -0.360 e. The lowest BCUT2D eigenvalue weighted by molar-refractivity contribution is 0.710. The van der Waals surface area contributed by atoms with E-state index < -0.39 is 0 Å². The topological polar surface area (TPSA) is 85.8 Å². The first-order valence-corrected chi connectivity index (χ1v) is 6.42. The van der Waals surface area contributed by atoms with Crippen molar-refractivity contribution in [1.29, 1.82) is 0 Å². The lowest BCUT2D eigenvalue weighted by atomic mass is 10.2. The van der Waals surface area contributed by atoms with E-state index in [-0.39, 0.29) is 6.04 Å². The number of aryl methyl sites for hydroxylation is 1. The lowest BCUT2D eigenvalue weighted by Crippen LogP contribution is -2.16. The lowest BCUT2D eigenvalue weighted by Gasteiger charge is -2.17. The standard InChI is InChI=1S/C11H13ClN8/c1-6-8(12)17-11-13-4-15-20(11)9(6)16-7(2)10-18-14-5-19(10)3/h4-5,7,16H,1-3H3. The van der Waals surface area contributed by atoms with E-state index in [0.29, 0.717) is 10.9 Å². The van der Waals surface area contributed by atoms with E-state index >= 15 is 0 Å². The quantitative estimate of drug-likeness (QED) is 0.734. The van der Waals surface area contributed by atoms with Crippen LogP contribution in [0.25, 0.3) is 5.78 Å². The van der Waals surface area contributed by atoms with Gasteiger partial charge in [-0.15, -0.1) is 10.2 Å². The zero-order valence-electron chi connectivity index (χ0n) is 11.2. The molecule has 0 bridgehead atoms. The summed E-state index contributed by atoms with van der Waals surface area (Å²) in [6.45, 7) is 3.86. The van der Waals surface area contributed by atoms with Crippen LogP contribution in [0.4, 0.5) is 5.82 Å². The van der Waals surface area contributed by atoms with E-state index in [4.69, 9.17) is 11.6 Å². The summed E-state index contributed by atoms with van der Waals surface area (Å²) in [5.74, 6) is 2.01. The molecule has 8 nitrogen and oxygen atoms in total. The predicted molar refractivity (Wildman–Crippen MR) is 73.6 cm³/mol. The van der Waals surface area contributed by atoms with Crippen LogP contribution in [0.3, 0.4) is 0 Å². The molecule has 20 heavy (non-hydrogen) atoms. The zero-order chi connectivity index (χ0) is 14.3. The highest BCUT2D eigenvalue weighted by Crippen LogP contribution is 2.25. The number of aromatic nitrogens is 7. The second kappa shape index (κ2) is 4.71. The fourth-order valence-corrected chi connectivity index (χ4v) is 2.19. The largest absolute Gasteiger partial charge is 0.360 e. The molecule has 0 aliphatic carbocycles. The van der Waals surface area contributed by atoms with Gasteiger partial charge >= 0.3 is 0 Å². The Hall–Kier alpha value is -2.22. The monoisotopic (exact) mass is 292 g/mol. The van der Waals surface area contributed by atoms with Gasteiger partial charge in [-0.25, -0.2) is 0 Å². The minimum absolute atomic E-state index is 0.0629. The van der Waals surface area contributed by atoms with Crippen molar-refractivity contribution in [2.45, 2.75) is 19.9 Å². The van der Waals surface area contributed by atoms with E-state index in [1.54, 1.807) is 10.8 Å². The summed E-state index contributed by atoms with van der Waals surface area (Å²) in [4.78, 5) is 8.22. The molecular formula is C11H13ClN8. The highest BCUT2D eigenvalue weighted by Gasteiger charge is 2.17. The van der Waals surface area contributed by atoms with Crippen LogP contribution in [0.2, 0.25) is 5.15 Å². The first-order chi connectivity index (χ1) is 9.58. The van der Waals surface area contributed by atoms with Gasteiger partial charge < -0.3 is 9.88 Å². The Morgan fingerprint density at radius 3 is 2.90 bits per heavy atom. The molecule has 3 aromatic rings. The third kappa shape index (κ3) is 1.97. The second-order valence-corrected chi connectivity index (χ2v) is 4.87. The fourth-order valence-electron chi connectivity index (χ4n) is 2.02. The van der Waals surface area contributed by atoms with Crippen LogP contribution in [0.1, 0.15) is 24.4 Å². The molecule has 3 rings (SSSR count). The molecule has 0 amide bonds. The molecule has 0 aromatic carbocycles. The molecule has 0 aliphatic heterocycles. The van der Waals surface area contributed by atoms with Crippen molar-refractivity contribution in [3.63, 3.8) is 0 Å². The predicted octanol–water partition coefficient (Wildman–Crippen LogP) is 1.39. The Kier molecular flexibility index (Phi) is 3.01.